The Hall–Kier alpha value is -2.90. The lowest BCUT2D eigenvalue weighted by atomic mass is 10.2. The summed E-state index contributed by atoms with van der Waals surface area (Å²) < 4.78 is 6.68. The highest BCUT2D eigenvalue weighted by atomic mass is 16.5. The Balaban J connectivity index is 1.68. The van der Waals surface area contributed by atoms with E-state index in [-0.39, 0.29) is 18.4 Å². The molecule has 0 N–H and O–H groups in total. The van der Waals surface area contributed by atoms with Gasteiger partial charge in [-0.05, 0) is 19.1 Å². The molecule has 0 bridgehead atoms. The van der Waals surface area contributed by atoms with Crippen molar-refractivity contribution in [3.63, 3.8) is 0 Å². The SMILES string of the molecule is COc1cccc(N2CCN(C(=O)[C@@H](C)n3cncn3)CC2=O)c1. The molecule has 8 nitrogen and oxygen atoms in total. The van der Waals surface area contributed by atoms with Gasteiger partial charge in [-0.3, -0.25) is 9.59 Å². The highest BCUT2D eigenvalue weighted by Crippen LogP contribution is 2.23. The van der Waals surface area contributed by atoms with E-state index in [2.05, 4.69) is 10.1 Å². The molecule has 2 aromatic rings. The van der Waals surface area contributed by atoms with Gasteiger partial charge in [-0.2, -0.15) is 5.10 Å². The second-order valence-electron chi connectivity index (χ2n) is 5.56. The number of amides is 2. The van der Waals surface area contributed by atoms with Gasteiger partial charge in [-0.1, -0.05) is 6.07 Å². The van der Waals surface area contributed by atoms with Gasteiger partial charge in [-0.25, -0.2) is 9.67 Å². The molecular formula is C16H19N5O3. The lowest BCUT2D eigenvalue weighted by Crippen LogP contribution is -2.53. The number of ether oxygens (including phenoxy) is 1. The minimum atomic E-state index is -0.483. The molecule has 2 amide bonds. The lowest BCUT2D eigenvalue weighted by molar-refractivity contribution is -0.139. The maximum atomic E-state index is 12.5. The molecule has 1 atom stereocenters. The van der Waals surface area contributed by atoms with Gasteiger partial charge in [0.25, 0.3) is 0 Å². The first-order chi connectivity index (χ1) is 11.6. The van der Waals surface area contributed by atoms with Gasteiger partial charge in [0.05, 0.1) is 7.11 Å². The van der Waals surface area contributed by atoms with Crippen LogP contribution in [0.1, 0.15) is 13.0 Å². The Bertz CT molecular complexity index is 731. The number of rotatable bonds is 4. The molecule has 3 rings (SSSR count). The predicted molar refractivity (Wildman–Crippen MR) is 86.7 cm³/mol. The first-order valence-corrected chi connectivity index (χ1v) is 7.67. The monoisotopic (exact) mass is 329 g/mol. The quantitative estimate of drug-likeness (QED) is 0.826. The standard InChI is InChI=1S/C16H19N5O3/c1-12(21-11-17-10-18-21)16(23)19-6-7-20(15(22)9-19)13-4-3-5-14(8-13)24-2/h3-5,8,10-12H,6-7,9H2,1-2H3/t12-/m1/s1. The smallest absolute Gasteiger partial charge is 0.247 e. The van der Waals surface area contributed by atoms with Gasteiger partial charge < -0.3 is 14.5 Å². The van der Waals surface area contributed by atoms with Crippen LogP contribution in [0.25, 0.3) is 0 Å². The third-order valence-corrected chi connectivity index (χ3v) is 4.09. The van der Waals surface area contributed by atoms with Crippen molar-refractivity contribution in [1.29, 1.82) is 0 Å². The molecule has 0 saturated carbocycles. The van der Waals surface area contributed by atoms with Gasteiger partial charge in [0, 0.05) is 24.8 Å². The van der Waals surface area contributed by atoms with E-state index in [0.717, 1.165) is 5.69 Å². The van der Waals surface area contributed by atoms with Crippen molar-refractivity contribution in [2.75, 3.05) is 31.6 Å². The number of aromatic nitrogens is 3. The fourth-order valence-corrected chi connectivity index (χ4v) is 2.71. The largest absolute Gasteiger partial charge is 0.497 e. The van der Waals surface area contributed by atoms with Crippen molar-refractivity contribution in [2.45, 2.75) is 13.0 Å². The van der Waals surface area contributed by atoms with Crippen LogP contribution in [-0.4, -0.2) is 58.2 Å². The van der Waals surface area contributed by atoms with Crippen molar-refractivity contribution in [1.82, 2.24) is 19.7 Å². The number of carbonyl (C=O) groups is 2. The van der Waals surface area contributed by atoms with Crippen LogP contribution in [0.5, 0.6) is 5.75 Å². The summed E-state index contributed by atoms with van der Waals surface area (Å²) in [5, 5.41) is 3.98. The summed E-state index contributed by atoms with van der Waals surface area (Å²) in [7, 11) is 1.59. The van der Waals surface area contributed by atoms with Crippen molar-refractivity contribution in [3.05, 3.63) is 36.9 Å². The summed E-state index contributed by atoms with van der Waals surface area (Å²) >= 11 is 0. The summed E-state index contributed by atoms with van der Waals surface area (Å²) in [5.41, 5.74) is 0.774. The van der Waals surface area contributed by atoms with E-state index >= 15 is 0 Å². The molecule has 24 heavy (non-hydrogen) atoms. The number of benzene rings is 1. The summed E-state index contributed by atoms with van der Waals surface area (Å²) in [4.78, 5) is 32.1. The fraction of sp³-hybridized carbons (Fsp3) is 0.375. The number of carbonyl (C=O) groups excluding carboxylic acids is 2. The summed E-state index contributed by atoms with van der Waals surface area (Å²) in [6.07, 6.45) is 2.88. The third-order valence-electron chi connectivity index (χ3n) is 4.09. The summed E-state index contributed by atoms with van der Waals surface area (Å²) in [5.74, 6) is 0.436. The molecule has 1 aromatic carbocycles. The second-order valence-corrected chi connectivity index (χ2v) is 5.56. The van der Waals surface area contributed by atoms with Crippen molar-refractivity contribution >= 4 is 17.5 Å². The Kier molecular flexibility index (Phi) is 4.45. The molecule has 1 aliphatic rings. The average molecular weight is 329 g/mol. The van der Waals surface area contributed by atoms with Crippen LogP contribution in [0, 0.1) is 0 Å². The van der Waals surface area contributed by atoms with E-state index in [1.54, 1.807) is 23.8 Å². The van der Waals surface area contributed by atoms with Crippen LogP contribution in [0.2, 0.25) is 0 Å². The predicted octanol–water partition coefficient (Wildman–Crippen LogP) is 0.723. The van der Waals surface area contributed by atoms with Crippen molar-refractivity contribution in [3.8, 4) is 5.75 Å². The molecule has 0 aliphatic carbocycles. The van der Waals surface area contributed by atoms with E-state index in [1.807, 2.05) is 24.3 Å². The second kappa shape index (κ2) is 6.69. The molecule has 0 radical (unpaired) electrons. The lowest BCUT2D eigenvalue weighted by Gasteiger charge is -2.35. The number of anilines is 1. The minimum Gasteiger partial charge on any atom is -0.497 e. The zero-order chi connectivity index (χ0) is 17.1. The molecule has 0 spiro atoms. The van der Waals surface area contributed by atoms with E-state index in [4.69, 9.17) is 4.74 Å². The van der Waals surface area contributed by atoms with Crippen LogP contribution in [0.3, 0.4) is 0 Å². The van der Waals surface area contributed by atoms with Crippen molar-refractivity contribution < 1.29 is 14.3 Å². The number of piperazine rings is 1. The molecule has 1 saturated heterocycles. The van der Waals surface area contributed by atoms with Gasteiger partial charge >= 0.3 is 0 Å². The minimum absolute atomic E-state index is 0.0507. The van der Waals surface area contributed by atoms with Crippen LogP contribution < -0.4 is 9.64 Å². The molecule has 1 fully saturated rings. The normalized spacial score (nSPS) is 16.2. The molecular weight excluding hydrogens is 310 g/mol. The first-order valence-electron chi connectivity index (χ1n) is 7.67. The number of methoxy groups -OCH3 is 1. The third kappa shape index (κ3) is 3.08. The molecule has 1 aromatic heterocycles. The Morgan fingerprint density at radius 3 is 2.83 bits per heavy atom. The fourth-order valence-electron chi connectivity index (χ4n) is 2.71. The number of nitrogens with zero attached hydrogens (tertiary/aromatic N) is 5. The van der Waals surface area contributed by atoms with Gasteiger partial charge in [0.15, 0.2) is 0 Å². The molecule has 1 aliphatic heterocycles. The Morgan fingerprint density at radius 2 is 2.17 bits per heavy atom. The van der Waals surface area contributed by atoms with E-state index in [9.17, 15) is 9.59 Å². The van der Waals surface area contributed by atoms with Gasteiger partial charge in [0.1, 0.15) is 31.0 Å². The average Bonchev–Trinajstić information content (AvgIpc) is 3.15. The zero-order valence-electron chi connectivity index (χ0n) is 13.6. The van der Waals surface area contributed by atoms with Crippen LogP contribution in [0.4, 0.5) is 5.69 Å². The Morgan fingerprint density at radius 1 is 1.33 bits per heavy atom. The molecule has 8 heteroatoms. The topological polar surface area (TPSA) is 80.6 Å². The summed E-state index contributed by atoms with van der Waals surface area (Å²) in [6.45, 7) is 2.72. The van der Waals surface area contributed by atoms with Crippen LogP contribution in [-0.2, 0) is 9.59 Å². The number of hydrogen-bond acceptors (Lipinski definition) is 5. The zero-order valence-corrected chi connectivity index (χ0v) is 13.6. The van der Waals surface area contributed by atoms with Crippen molar-refractivity contribution in [2.24, 2.45) is 0 Å². The first kappa shape index (κ1) is 16.0. The van der Waals surface area contributed by atoms with Crippen LogP contribution >= 0.6 is 0 Å². The number of hydrogen-bond donors (Lipinski definition) is 0. The maximum absolute atomic E-state index is 12.5. The van der Waals surface area contributed by atoms with Gasteiger partial charge in [-0.15, -0.1) is 0 Å². The molecule has 0 unspecified atom stereocenters. The highest BCUT2D eigenvalue weighted by Gasteiger charge is 2.31. The van der Waals surface area contributed by atoms with E-state index < -0.39 is 6.04 Å². The van der Waals surface area contributed by atoms with E-state index in [0.29, 0.717) is 18.8 Å². The molecule has 2 heterocycles. The van der Waals surface area contributed by atoms with Gasteiger partial charge in [0.2, 0.25) is 11.8 Å². The summed E-state index contributed by atoms with van der Waals surface area (Å²) in [6, 6.07) is 6.85. The van der Waals surface area contributed by atoms with Crippen LogP contribution in [0.15, 0.2) is 36.9 Å². The molecule has 126 valence electrons. The Labute approximate surface area is 139 Å². The maximum Gasteiger partial charge on any atom is 0.247 e. The highest BCUT2D eigenvalue weighted by molar-refractivity contribution is 5.98. The van der Waals surface area contributed by atoms with E-state index in [1.165, 1.54) is 17.3 Å².